The van der Waals surface area contributed by atoms with Crippen LogP contribution in [0, 0.1) is 0 Å². The van der Waals surface area contributed by atoms with E-state index >= 15 is 0 Å². The highest BCUT2D eigenvalue weighted by molar-refractivity contribution is 7.13. The van der Waals surface area contributed by atoms with Crippen molar-refractivity contribution >= 4 is 11.3 Å². The lowest BCUT2D eigenvalue weighted by Crippen LogP contribution is -2.15. The number of benzene rings is 1. The minimum Gasteiger partial charge on any atom is -0.396 e. The van der Waals surface area contributed by atoms with Gasteiger partial charge in [0, 0.05) is 24.9 Å². The van der Waals surface area contributed by atoms with Crippen LogP contribution in [0.4, 0.5) is 0 Å². The van der Waals surface area contributed by atoms with Gasteiger partial charge in [0.15, 0.2) is 0 Å². The fourth-order valence-corrected chi connectivity index (χ4v) is 3.24. The van der Waals surface area contributed by atoms with Gasteiger partial charge in [-0.2, -0.15) is 5.10 Å². The Hall–Kier alpha value is -1.95. The SMILES string of the molecule is OCCCNCc1cn(Cc2ccccc2)nc1-c1cccs1. The quantitative estimate of drug-likeness (QED) is 0.625. The summed E-state index contributed by atoms with van der Waals surface area (Å²) in [6.07, 6.45) is 2.89. The smallest absolute Gasteiger partial charge is 0.107 e. The van der Waals surface area contributed by atoms with E-state index in [0.717, 1.165) is 31.7 Å². The standard InChI is InChI=1S/C18H21N3OS/c22-10-5-9-19-12-16-14-21(13-15-6-2-1-3-7-15)20-18(16)17-8-4-11-23-17/h1-4,6-8,11,14,19,22H,5,9-10,12-13H2. The molecule has 0 radical (unpaired) electrons. The lowest BCUT2D eigenvalue weighted by Gasteiger charge is -2.02. The van der Waals surface area contributed by atoms with E-state index in [1.807, 2.05) is 10.7 Å². The molecule has 2 aromatic heterocycles. The molecule has 0 bridgehead atoms. The fourth-order valence-electron chi connectivity index (χ4n) is 2.49. The molecule has 1 aromatic carbocycles. The lowest BCUT2D eigenvalue weighted by molar-refractivity contribution is 0.286. The molecule has 5 heteroatoms. The molecule has 2 heterocycles. The van der Waals surface area contributed by atoms with Crippen molar-refractivity contribution < 1.29 is 5.11 Å². The zero-order chi connectivity index (χ0) is 15.9. The van der Waals surface area contributed by atoms with E-state index in [0.29, 0.717) is 0 Å². The molecular weight excluding hydrogens is 306 g/mol. The van der Waals surface area contributed by atoms with Gasteiger partial charge >= 0.3 is 0 Å². The van der Waals surface area contributed by atoms with Crippen LogP contribution >= 0.6 is 11.3 Å². The Bertz CT molecular complexity index is 707. The second-order valence-corrected chi connectivity index (χ2v) is 6.37. The predicted molar refractivity (Wildman–Crippen MR) is 94.5 cm³/mol. The molecule has 23 heavy (non-hydrogen) atoms. The molecule has 3 aromatic rings. The van der Waals surface area contributed by atoms with Crippen LogP contribution in [-0.2, 0) is 13.1 Å². The van der Waals surface area contributed by atoms with E-state index in [-0.39, 0.29) is 6.61 Å². The predicted octanol–water partition coefficient (Wildman–Crippen LogP) is 3.13. The molecule has 0 atom stereocenters. The van der Waals surface area contributed by atoms with Crippen molar-refractivity contribution in [2.24, 2.45) is 0 Å². The first-order chi connectivity index (χ1) is 11.4. The first-order valence-corrected chi connectivity index (χ1v) is 8.70. The summed E-state index contributed by atoms with van der Waals surface area (Å²) < 4.78 is 2.01. The first-order valence-electron chi connectivity index (χ1n) is 7.82. The van der Waals surface area contributed by atoms with E-state index < -0.39 is 0 Å². The van der Waals surface area contributed by atoms with Crippen molar-refractivity contribution in [2.45, 2.75) is 19.5 Å². The minimum absolute atomic E-state index is 0.220. The van der Waals surface area contributed by atoms with Gasteiger partial charge in [0.05, 0.1) is 11.4 Å². The Kier molecular flexibility index (Phi) is 5.58. The summed E-state index contributed by atoms with van der Waals surface area (Å²) in [5.74, 6) is 0. The zero-order valence-electron chi connectivity index (χ0n) is 13.0. The van der Waals surface area contributed by atoms with Crippen LogP contribution in [0.1, 0.15) is 17.5 Å². The number of hydrogen-bond acceptors (Lipinski definition) is 4. The third-order valence-electron chi connectivity index (χ3n) is 3.61. The summed E-state index contributed by atoms with van der Waals surface area (Å²) in [5.41, 5.74) is 3.49. The van der Waals surface area contributed by atoms with Crippen LogP contribution in [0.25, 0.3) is 10.6 Å². The van der Waals surface area contributed by atoms with Gasteiger partial charge in [-0.3, -0.25) is 4.68 Å². The molecule has 2 N–H and O–H groups in total. The number of nitrogens with one attached hydrogen (secondary N) is 1. The number of rotatable bonds is 8. The average Bonchev–Trinajstić information content (AvgIpc) is 3.22. The van der Waals surface area contributed by atoms with Crippen LogP contribution in [0.3, 0.4) is 0 Å². The molecule has 0 aliphatic carbocycles. The third-order valence-corrected chi connectivity index (χ3v) is 4.48. The highest BCUT2D eigenvalue weighted by Crippen LogP contribution is 2.26. The number of thiophene rings is 1. The second-order valence-electron chi connectivity index (χ2n) is 5.42. The molecule has 0 aliphatic heterocycles. The first kappa shape index (κ1) is 15.9. The Balaban J connectivity index is 1.78. The zero-order valence-corrected chi connectivity index (χ0v) is 13.8. The maximum absolute atomic E-state index is 8.88. The monoisotopic (exact) mass is 327 g/mol. The summed E-state index contributed by atoms with van der Waals surface area (Å²) in [6.45, 7) is 2.57. The number of nitrogens with zero attached hydrogens (tertiary/aromatic N) is 2. The van der Waals surface area contributed by atoms with Gasteiger partial charge in [0.25, 0.3) is 0 Å². The van der Waals surface area contributed by atoms with Gasteiger partial charge in [-0.1, -0.05) is 36.4 Å². The molecule has 0 saturated carbocycles. The molecule has 120 valence electrons. The van der Waals surface area contributed by atoms with Gasteiger partial charge in [-0.05, 0) is 30.0 Å². The number of aliphatic hydroxyl groups is 1. The van der Waals surface area contributed by atoms with E-state index in [4.69, 9.17) is 10.2 Å². The van der Waals surface area contributed by atoms with Crippen LogP contribution in [-0.4, -0.2) is 28.0 Å². The molecule has 0 aliphatic rings. The Morgan fingerprint density at radius 3 is 2.74 bits per heavy atom. The average molecular weight is 327 g/mol. The number of aliphatic hydroxyl groups excluding tert-OH is 1. The fraction of sp³-hybridized carbons (Fsp3) is 0.278. The maximum atomic E-state index is 8.88. The van der Waals surface area contributed by atoms with E-state index in [9.17, 15) is 0 Å². The third kappa shape index (κ3) is 4.28. The summed E-state index contributed by atoms with van der Waals surface area (Å²) in [5, 5.41) is 19.1. The van der Waals surface area contributed by atoms with Crippen LogP contribution in [0.5, 0.6) is 0 Å². The number of hydrogen-bond donors (Lipinski definition) is 2. The summed E-state index contributed by atoms with van der Waals surface area (Å²) in [6, 6.07) is 14.5. The molecule has 0 amide bonds. The second kappa shape index (κ2) is 8.06. The molecular formula is C18H21N3OS. The Morgan fingerprint density at radius 2 is 2.00 bits per heavy atom. The molecule has 4 nitrogen and oxygen atoms in total. The molecule has 0 spiro atoms. The topological polar surface area (TPSA) is 50.1 Å². The highest BCUT2D eigenvalue weighted by Gasteiger charge is 2.12. The van der Waals surface area contributed by atoms with Gasteiger partial charge < -0.3 is 10.4 Å². The highest BCUT2D eigenvalue weighted by atomic mass is 32.1. The molecule has 0 fully saturated rings. The van der Waals surface area contributed by atoms with Crippen LogP contribution in [0.15, 0.2) is 54.0 Å². The summed E-state index contributed by atoms with van der Waals surface area (Å²) in [4.78, 5) is 1.19. The van der Waals surface area contributed by atoms with Crippen LogP contribution in [0.2, 0.25) is 0 Å². The molecule has 3 rings (SSSR count). The lowest BCUT2D eigenvalue weighted by atomic mass is 10.2. The van der Waals surface area contributed by atoms with Gasteiger partial charge in [-0.25, -0.2) is 0 Å². The van der Waals surface area contributed by atoms with Crippen molar-refractivity contribution in [3.63, 3.8) is 0 Å². The van der Waals surface area contributed by atoms with Gasteiger partial charge in [0.2, 0.25) is 0 Å². The summed E-state index contributed by atoms with van der Waals surface area (Å²) >= 11 is 1.71. The van der Waals surface area contributed by atoms with Crippen molar-refractivity contribution in [3.8, 4) is 10.6 Å². The van der Waals surface area contributed by atoms with Crippen molar-refractivity contribution in [2.75, 3.05) is 13.2 Å². The van der Waals surface area contributed by atoms with E-state index in [2.05, 4.69) is 53.3 Å². The molecule has 0 unspecified atom stereocenters. The van der Waals surface area contributed by atoms with Gasteiger partial charge in [0.1, 0.15) is 5.69 Å². The minimum atomic E-state index is 0.220. The summed E-state index contributed by atoms with van der Waals surface area (Å²) in [7, 11) is 0. The van der Waals surface area contributed by atoms with Crippen molar-refractivity contribution in [1.82, 2.24) is 15.1 Å². The largest absolute Gasteiger partial charge is 0.396 e. The number of aromatic nitrogens is 2. The van der Waals surface area contributed by atoms with Crippen LogP contribution < -0.4 is 5.32 Å². The Morgan fingerprint density at radius 1 is 1.13 bits per heavy atom. The van der Waals surface area contributed by atoms with Crippen molar-refractivity contribution in [3.05, 3.63) is 65.2 Å². The Labute approximate surface area is 140 Å². The van der Waals surface area contributed by atoms with Crippen molar-refractivity contribution in [1.29, 1.82) is 0 Å². The molecule has 0 saturated heterocycles. The van der Waals surface area contributed by atoms with E-state index in [1.165, 1.54) is 16.0 Å². The van der Waals surface area contributed by atoms with Gasteiger partial charge in [-0.15, -0.1) is 11.3 Å². The van der Waals surface area contributed by atoms with E-state index in [1.54, 1.807) is 11.3 Å². The normalized spacial score (nSPS) is 11.0. The maximum Gasteiger partial charge on any atom is 0.107 e.